The van der Waals surface area contributed by atoms with Crippen molar-refractivity contribution < 1.29 is 9.47 Å². The van der Waals surface area contributed by atoms with Gasteiger partial charge in [-0.1, -0.05) is 48.5 Å². The SMILES string of the molecule is CCOC(OCC)c1ccc(N(c2ccccc2)c2ccccc2)c([Si])c1. The second-order valence-corrected chi connectivity index (χ2v) is 6.56. The van der Waals surface area contributed by atoms with E-state index in [1.807, 2.05) is 50.2 Å². The second-order valence-electron chi connectivity index (χ2n) is 6.03. The van der Waals surface area contributed by atoms with E-state index >= 15 is 0 Å². The van der Waals surface area contributed by atoms with Crippen LogP contribution in [0.4, 0.5) is 17.1 Å². The van der Waals surface area contributed by atoms with Crippen molar-refractivity contribution in [2.75, 3.05) is 18.1 Å². The van der Waals surface area contributed by atoms with Gasteiger partial charge in [0.1, 0.15) is 0 Å². The number of hydrogen-bond acceptors (Lipinski definition) is 3. The van der Waals surface area contributed by atoms with Crippen LogP contribution in [0.2, 0.25) is 0 Å². The van der Waals surface area contributed by atoms with Gasteiger partial charge in [0, 0.05) is 35.8 Å². The van der Waals surface area contributed by atoms with E-state index in [-0.39, 0.29) is 6.29 Å². The van der Waals surface area contributed by atoms with E-state index in [1.165, 1.54) is 0 Å². The first kappa shape index (κ1) is 19.4. The van der Waals surface area contributed by atoms with Crippen LogP contribution in [0, 0.1) is 0 Å². The Morgan fingerprint density at radius 2 is 1.30 bits per heavy atom. The standard InChI is InChI=1S/C23H24NO2Si/c1-3-25-23(26-4-2)18-15-16-21(22(27)17-18)24(19-11-7-5-8-12-19)20-13-9-6-10-14-20/h5-17,23H,3-4H2,1-2H3. The maximum Gasteiger partial charge on any atom is 0.183 e. The van der Waals surface area contributed by atoms with E-state index in [0.717, 1.165) is 27.8 Å². The smallest absolute Gasteiger partial charge is 0.183 e. The summed E-state index contributed by atoms with van der Waals surface area (Å²) >= 11 is 0. The highest BCUT2D eigenvalue weighted by Crippen LogP contribution is 2.33. The summed E-state index contributed by atoms with van der Waals surface area (Å²) in [5.74, 6) is 0. The lowest BCUT2D eigenvalue weighted by Crippen LogP contribution is -2.21. The minimum absolute atomic E-state index is 0.356. The second kappa shape index (κ2) is 9.51. The minimum atomic E-state index is -0.356. The molecule has 0 heterocycles. The Bertz CT molecular complexity index is 794. The van der Waals surface area contributed by atoms with E-state index in [2.05, 4.69) is 57.6 Å². The predicted octanol–water partition coefficient (Wildman–Crippen LogP) is 5.02. The Hall–Kier alpha value is -2.40. The fraction of sp³-hybridized carbons (Fsp3) is 0.217. The van der Waals surface area contributed by atoms with Gasteiger partial charge in [-0.05, 0) is 49.4 Å². The molecule has 3 radical (unpaired) electrons. The molecule has 137 valence electrons. The highest BCUT2D eigenvalue weighted by atomic mass is 28.1. The van der Waals surface area contributed by atoms with Crippen LogP contribution in [0.3, 0.4) is 0 Å². The Morgan fingerprint density at radius 3 is 1.74 bits per heavy atom. The average Bonchev–Trinajstić information content (AvgIpc) is 2.71. The molecule has 0 N–H and O–H groups in total. The van der Waals surface area contributed by atoms with Gasteiger partial charge in [0.2, 0.25) is 0 Å². The number of anilines is 3. The summed E-state index contributed by atoms with van der Waals surface area (Å²) in [6.07, 6.45) is -0.356. The molecule has 0 amide bonds. The van der Waals surface area contributed by atoms with Crippen molar-refractivity contribution in [3.63, 3.8) is 0 Å². The van der Waals surface area contributed by atoms with E-state index in [4.69, 9.17) is 9.47 Å². The third-order valence-corrected chi connectivity index (χ3v) is 4.60. The summed E-state index contributed by atoms with van der Waals surface area (Å²) in [5, 5.41) is 0.976. The first-order valence-corrected chi connectivity index (χ1v) is 9.73. The number of hydrogen-bond donors (Lipinski definition) is 0. The lowest BCUT2D eigenvalue weighted by atomic mass is 10.1. The van der Waals surface area contributed by atoms with Crippen molar-refractivity contribution in [1.29, 1.82) is 0 Å². The first-order valence-electron chi connectivity index (χ1n) is 9.23. The van der Waals surface area contributed by atoms with Crippen molar-refractivity contribution in [3.8, 4) is 0 Å². The third-order valence-electron chi connectivity index (χ3n) is 4.20. The Balaban J connectivity index is 2.03. The molecular formula is C23H24NO2Si. The van der Waals surface area contributed by atoms with Crippen LogP contribution in [0.25, 0.3) is 0 Å². The van der Waals surface area contributed by atoms with Gasteiger partial charge in [-0.15, -0.1) is 0 Å². The molecule has 0 aliphatic rings. The number of rotatable bonds is 8. The molecule has 0 spiro atoms. The fourth-order valence-corrected chi connectivity index (χ4v) is 3.38. The molecule has 4 heteroatoms. The molecule has 3 aromatic carbocycles. The van der Waals surface area contributed by atoms with Gasteiger partial charge in [-0.3, -0.25) is 0 Å². The van der Waals surface area contributed by atoms with Crippen LogP contribution in [0.5, 0.6) is 0 Å². The van der Waals surface area contributed by atoms with Gasteiger partial charge >= 0.3 is 0 Å². The number of nitrogens with zero attached hydrogens (tertiary/aromatic N) is 1. The summed E-state index contributed by atoms with van der Waals surface area (Å²) in [6.45, 7) is 5.15. The molecule has 0 aliphatic heterocycles. The van der Waals surface area contributed by atoms with E-state index in [9.17, 15) is 0 Å². The maximum atomic E-state index is 5.74. The Kier molecular flexibility index (Phi) is 6.82. The maximum absolute atomic E-state index is 5.74. The molecule has 0 atom stereocenters. The summed E-state index contributed by atoms with van der Waals surface area (Å²) in [5.41, 5.74) is 4.25. The number of para-hydroxylation sites is 2. The molecule has 3 nitrogen and oxygen atoms in total. The zero-order valence-electron chi connectivity index (χ0n) is 15.8. The molecule has 0 bridgehead atoms. The molecule has 0 unspecified atom stereocenters. The highest BCUT2D eigenvalue weighted by molar-refractivity contribution is 6.36. The molecule has 3 aromatic rings. The van der Waals surface area contributed by atoms with Crippen molar-refractivity contribution in [3.05, 3.63) is 84.4 Å². The highest BCUT2D eigenvalue weighted by Gasteiger charge is 2.17. The summed E-state index contributed by atoms with van der Waals surface area (Å²) in [7, 11) is 3.82. The molecule has 0 saturated carbocycles. The lowest BCUT2D eigenvalue weighted by molar-refractivity contribution is -0.140. The topological polar surface area (TPSA) is 21.7 Å². The van der Waals surface area contributed by atoms with Gasteiger partial charge < -0.3 is 14.4 Å². The van der Waals surface area contributed by atoms with Crippen LogP contribution in [-0.2, 0) is 9.47 Å². The predicted molar refractivity (Wildman–Crippen MR) is 113 cm³/mol. The van der Waals surface area contributed by atoms with Crippen LogP contribution in [-0.4, -0.2) is 23.5 Å². The van der Waals surface area contributed by atoms with Crippen LogP contribution in [0.15, 0.2) is 78.9 Å². The molecule has 0 aliphatic carbocycles. The molecule has 0 fully saturated rings. The Labute approximate surface area is 165 Å². The summed E-state index contributed by atoms with van der Waals surface area (Å²) in [6, 6.07) is 26.9. The quantitative estimate of drug-likeness (QED) is 0.408. The van der Waals surface area contributed by atoms with Crippen molar-refractivity contribution in [2.24, 2.45) is 0 Å². The van der Waals surface area contributed by atoms with Crippen LogP contribution >= 0.6 is 0 Å². The van der Waals surface area contributed by atoms with Crippen molar-refractivity contribution >= 4 is 32.5 Å². The Morgan fingerprint density at radius 1 is 0.778 bits per heavy atom. The fourth-order valence-electron chi connectivity index (χ4n) is 3.02. The monoisotopic (exact) mass is 374 g/mol. The minimum Gasteiger partial charge on any atom is -0.349 e. The summed E-state index contributed by atoms with van der Waals surface area (Å²) < 4.78 is 11.5. The number of benzene rings is 3. The molecular weight excluding hydrogens is 350 g/mol. The van der Waals surface area contributed by atoms with Gasteiger partial charge in [-0.25, -0.2) is 0 Å². The molecule has 27 heavy (non-hydrogen) atoms. The van der Waals surface area contributed by atoms with Gasteiger partial charge in [0.25, 0.3) is 0 Å². The third kappa shape index (κ3) is 4.66. The molecule has 3 rings (SSSR count). The van der Waals surface area contributed by atoms with Crippen molar-refractivity contribution in [1.82, 2.24) is 0 Å². The van der Waals surface area contributed by atoms with E-state index in [1.54, 1.807) is 0 Å². The zero-order chi connectivity index (χ0) is 19.1. The largest absolute Gasteiger partial charge is 0.349 e. The average molecular weight is 375 g/mol. The summed E-state index contributed by atoms with van der Waals surface area (Å²) in [4.78, 5) is 2.22. The van der Waals surface area contributed by atoms with E-state index < -0.39 is 0 Å². The number of ether oxygens (including phenoxy) is 2. The first-order chi connectivity index (χ1) is 13.2. The van der Waals surface area contributed by atoms with Gasteiger partial charge in [0.05, 0.1) is 10.2 Å². The molecule has 0 aromatic heterocycles. The zero-order valence-corrected chi connectivity index (χ0v) is 16.8. The molecule has 0 saturated heterocycles. The lowest BCUT2D eigenvalue weighted by Gasteiger charge is -2.28. The van der Waals surface area contributed by atoms with Crippen LogP contribution < -0.4 is 10.1 Å². The van der Waals surface area contributed by atoms with Gasteiger partial charge in [0.15, 0.2) is 6.29 Å². The normalized spacial score (nSPS) is 11.0. The van der Waals surface area contributed by atoms with E-state index in [0.29, 0.717) is 13.2 Å². The van der Waals surface area contributed by atoms with Gasteiger partial charge in [-0.2, -0.15) is 0 Å². The van der Waals surface area contributed by atoms with Crippen molar-refractivity contribution in [2.45, 2.75) is 20.1 Å². The van der Waals surface area contributed by atoms with Crippen LogP contribution in [0.1, 0.15) is 25.7 Å².